The molecule has 0 fully saturated rings. The monoisotopic (exact) mass is 279 g/mol. The number of hydrogen-bond donors (Lipinski definition) is 1. The van der Waals surface area contributed by atoms with Gasteiger partial charge in [0, 0.05) is 10.9 Å². The van der Waals surface area contributed by atoms with Crippen LogP contribution in [0.3, 0.4) is 0 Å². The minimum Gasteiger partial charge on any atom is -0.309 e. The smallest absolute Gasteiger partial charge is 0.0931 e. The van der Waals surface area contributed by atoms with E-state index in [1.807, 2.05) is 6.07 Å². The minimum atomic E-state index is 0.367. The van der Waals surface area contributed by atoms with Crippen molar-refractivity contribution >= 4 is 22.9 Å². The maximum Gasteiger partial charge on any atom is 0.0931 e. The van der Waals surface area contributed by atoms with E-state index in [4.69, 9.17) is 11.6 Å². The van der Waals surface area contributed by atoms with E-state index in [1.54, 1.807) is 11.3 Å². The highest BCUT2D eigenvalue weighted by Crippen LogP contribution is 2.26. The summed E-state index contributed by atoms with van der Waals surface area (Å²) in [5.74, 6) is 0. The van der Waals surface area contributed by atoms with Gasteiger partial charge in [-0.1, -0.05) is 35.9 Å². The number of rotatable bonds is 5. The molecule has 1 unspecified atom stereocenters. The molecule has 1 atom stereocenters. The summed E-state index contributed by atoms with van der Waals surface area (Å²) in [7, 11) is 0. The summed E-state index contributed by atoms with van der Waals surface area (Å²) in [4.78, 5) is 1.30. The van der Waals surface area contributed by atoms with Gasteiger partial charge in [0.1, 0.15) is 0 Å². The Balaban J connectivity index is 1.84. The maximum atomic E-state index is 5.95. The van der Waals surface area contributed by atoms with Gasteiger partial charge in [0.25, 0.3) is 0 Å². The lowest BCUT2D eigenvalue weighted by Crippen LogP contribution is -2.20. The van der Waals surface area contributed by atoms with Gasteiger partial charge < -0.3 is 5.32 Å². The van der Waals surface area contributed by atoms with Crippen LogP contribution in [0.1, 0.15) is 29.0 Å². The van der Waals surface area contributed by atoms with Crippen LogP contribution in [0, 0.1) is 6.92 Å². The largest absolute Gasteiger partial charge is 0.309 e. The predicted octanol–water partition coefficient (Wildman–Crippen LogP) is 4.60. The van der Waals surface area contributed by atoms with E-state index in [0.717, 1.165) is 17.3 Å². The molecule has 2 rings (SSSR count). The van der Waals surface area contributed by atoms with Crippen molar-refractivity contribution in [3.05, 3.63) is 56.7 Å². The third-order valence-electron chi connectivity index (χ3n) is 3.13. The Kier molecular flexibility index (Phi) is 4.81. The molecule has 0 radical (unpaired) electrons. The van der Waals surface area contributed by atoms with Gasteiger partial charge in [-0.15, -0.1) is 11.3 Å². The van der Waals surface area contributed by atoms with Crippen molar-refractivity contribution in [3.8, 4) is 0 Å². The van der Waals surface area contributed by atoms with Crippen LogP contribution >= 0.6 is 22.9 Å². The molecule has 0 saturated heterocycles. The zero-order chi connectivity index (χ0) is 13.0. The van der Waals surface area contributed by atoms with Crippen molar-refractivity contribution in [2.45, 2.75) is 26.3 Å². The number of benzene rings is 1. The highest BCUT2D eigenvalue weighted by molar-refractivity contribution is 7.16. The van der Waals surface area contributed by atoms with Gasteiger partial charge >= 0.3 is 0 Å². The van der Waals surface area contributed by atoms with Crippen LogP contribution in [0.5, 0.6) is 0 Å². The average molecular weight is 280 g/mol. The lowest BCUT2D eigenvalue weighted by Gasteiger charge is -2.12. The second kappa shape index (κ2) is 6.37. The van der Waals surface area contributed by atoms with E-state index in [1.165, 1.54) is 16.0 Å². The van der Waals surface area contributed by atoms with Crippen LogP contribution in [0.25, 0.3) is 0 Å². The molecule has 96 valence electrons. The SMILES string of the molecule is Cc1ccccc1CCNC(C)c1ccc(Cl)s1. The van der Waals surface area contributed by atoms with E-state index < -0.39 is 0 Å². The molecule has 1 heterocycles. The van der Waals surface area contributed by atoms with Crippen LogP contribution in [0.4, 0.5) is 0 Å². The Hall–Kier alpha value is -0.830. The Morgan fingerprint density at radius 2 is 2.00 bits per heavy atom. The molecule has 0 spiro atoms. The standard InChI is InChI=1S/C15H18ClNS/c1-11-5-3-4-6-13(11)9-10-17-12(2)14-7-8-15(16)18-14/h3-8,12,17H,9-10H2,1-2H3. The normalized spacial score (nSPS) is 12.6. The molecule has 0 aliphatic heterocycles. The molecule has 0 aliphatic rings. The second-order valence-electron chi connectivity index (χ2n) is 4.49. The summed E-state index contributed by atoms with van der Waals surface area (Å²) in [6, 6.07) is 13.0. The fraction of sp³-hybridized carbons (Fsp3) is 0.333. The fourth-order valence-electron chi connectivity index (χ4n) is 1.98. The fourth-order valence-corrected chi connectivity index (χ4v) is 3.06. The first-order valence-electron chi connectivity index (χ1n) is 6.20. The highest BCUT2D eigenvalue weighted by atomic mass is 35.5. The maximum absolute atomic E-state index is 5.95. The van der Waals surface area contributed by atoms with E-state index in [-0.39, 0.29) is 0 Å². The van der Waals surface area contributed by atoms with Crippen molar-refractivity contribution in [3.63, 3.8) is 0 Å². The zero-order valence-corrected chi connectivity index (χ0v) is 12.3. The zero-order valence-electron chi connectivity index (χ0n) is 10.7. The Labute approximate surface area is 118 Å². The molecule has 2 aromatic rings. The van der Waals surface area contributed by atoms with Crippen LogP contribution in [-0.4, -0.2) is 6.54 Å². The number of hydrogen-bond acceptors (Lipinski definition) is 2. The molecular weight excluding hydrogens is 262 g/mol. The predicted molar refractivity (Wildman–Crippen MR) is 80.6 cm³/mol. The molecule has 3 heteroatoms. The van der Waals surface area contributed by atoms with Gasteiger partial charge in [-0.2, -0.15) is 0 Å². The Morgan fingerprint density at radius 3 is 2.67 bits per heavy atom. The van der Waals surface area contributed by atoms with E-state index in [0.29, 0.717) is 6.04 Å². The van der Waals surface area contributed by atoms with Crippen molar-refractivity contribution in [1.82, 2.24) is 5.32 Å². The minimum absolute atomic E-state index is 0.367. The molecule has 0 bridgehead atoms. The van der Waals surface area contributed by atoms with Crippen LogP contribution < -0.4 is 5.32 Å². The molecule has 0 saturated carbocycles. The number of nitrogens with one attached hydrogen (secondary N) is 1. The average Bonchev–Trinajstić information content (AvgIpc) is 2.78. The summed E-state index contributed by atoms with van der Waals surface area (Å²) in [6.07, 6.45) is 1.07. The summed E-state index contributed by atoms with van der Waals surface area (Å²) >= 11 is 7.59. The van der Waals surface area contributed by atoms with Crippen molar-refractivity contribution in [1.29, 1.82) is 0 Å². The number of thiophene rings is 1. The molecule has 0 aliphatic carbocycles. The lowest BCUT2D eigenvalue weighted by atomic mass is 10.1. The molecule has 1 aromatic heterocycles. The van der Waals surface area contributed by atoms with Gasteiger partial charge in [0.2, 0.25) is 0 Å². The van der Waals surface area contributed by atoms with Gasteiger partial charge in [-0.25, -0.2) is 0 Å². The van der Waals surface area contributed by atoms with Crippen molar-refractivity contribution < 1.29 is 0 Å². The van der Waals surface area contributed by atoms with E-state index in [9.17, 15) is 0 Å². The van der Waals surface area contributed by atoms with Gasteiger partial charge in [0.05, 0.1) is 4.34 Å². The molecule has 1 N–H and O–H groups in total. The molecular formula is C15H18ClNS. The van der Waals surface area contributed by atoms with E-state index >= 15 is 0 Å². The summed E-state index contributed by atoms with van der Waals surface area (Å²) in [5.41, 5.74) is 2.78. The Morgan fingerprint density at radius 1 is 1.22 bits per heavy atom. The third-order valence-corrected chi connectivity index (χ3v) is 4.54. The van der Waals surface area contributed by atoms with E-state index in [2.05, 4.69) is 49.5 Å². The van der Waals surface area contributed by atoms with Gasteiger partial charge in [-0.3, -0.25) is 0 Å². The Bertz CT molecular complexity index is 507. The van der Waals surface area contributed by atoms with Crippen LogP contribution in [-0.2, 0) is 6.42 Å². The lowest BCUT2D eigenvalue weighted by molar-refractivity contribution is 0.584. The first-order valence-corrected chi connectivity index (χ1v) is 7.39. The topological polar surface area (TPSA) is 12.0 Å². The van der Waals surface area contributed by atoms with Crippen LogP contribution in [0.15, 0.2) is 36.4 Å². The summed E-state index contributed by atoms with van der Waals surface area (Å²) < 4.78 is 0.859. The summed E-state index contributed by atoms with van der Waals surface area (Å²) in [6.45, 7) is 5.33. The molecule has 0 amide bonds. The second-order valence-corrected chi connectivity index (χ2v) is 6.24. The quantitative estimate of drug-likeness (QED) is 0.843. The number of halogens is 1. The third kappa shape index (κ3) is 3.58. The summed E-state index contributed by atoms with van der Waals surface area (Å²) in [5, 5.41) is 3.54. The van der Waals surface area contributed by atoms with Crippen molar-refractivity contribution in [2.24, 2.45) is 0 Å². The van der Waals surface area contributed by atoms with Gasteiger partial charge in [0.15, 0.2) is 0 Å². The van der Waals surface area contributed by atoms with Crippen LogP contribution in [0.2, 0.25) is 4.34 Å². The highest BCUT2D eigenvalue weighted by Gasteiger charge is 2.07. The first-order chi connectivity index (χ1) is 8.66. The van der Waals surface area contributed by atoms with Gasteiger partial charge in [-0.05, 0) is 50.1 Å². The van der Waals surface area contributed by atoms with Crippen molar-refractivity contribution in [2.75, 3.05) is 6.54 Å². The molecule has 1 nitrogen and oxygen atoms in total. The number of aryl methyl sites for hydroxylation is 1. The molecule has 1 aromatic carbocycles. The molecule has 18 heavy (non-hydrogen) atoms. The first kappa shape index (κ1) is 13.6.